The fourth-order valence-corrected chi connectivity index (χ4v) is 2.68. The number of nitrogens with one attached hydrogen (secondary N) is 2. The van der Waals surface area contributed by atoms with Crippen LogP contribution < -0.4 is 14.8 Å². The van der Waals surface area contributed by atoms with Gasteiger partial charge < -0.3 is 10.1 Å². The SMILES string of the molecule is COc1ccc([C@@H](CC(=O)NCC(C)(C)C)NS(C)(=O)=O)cc1. The molecular weight excluding hydrogens is 316 g/mol. The standard InChI is InChI=1S/C16H26N2O4S/c1-16(2,3)11-17-15(19)10-14(18-23(5,20)21)12-6-8-13(22-4)9-7-12/h6-9,14,18H,10-11H2,1-5H3,(H,17,19)/t14-/m1/s1. The van der Waals surface area contributed by atoms with Gasteiger partial charge in [0.05, 0.1) is 19.4 Å². The van der Waals surface area contributed by atoms with E-state index in [1.807, 2.05) is 20.8 Å². The Labute approximate surface area is 138 Å². The molecule has 2 N–H and O–H groups in total. The quantitative estimate of drug-likeness (QED) is 0.792. The van der Waals surface area contributed by atoms with E-state index in [0.717, 1.165) is 6.26 Å². The maximum Gasteiger partial charge on any atom is 0.221 e. The summed E-state index contributed by atoms with van der Waals surface area (Å²) < 4.78 is 30.7. The number of benzene rings is 1. The van der Waals surface area contributed by atoms with Crippen molar-refractivity contribution >= 4 is 15.9 Å². The van der Waals surface area contributed by atoms with E-state index in [9.17, 15) is 13.2 Å². The van der Waals surface area contributed by atoms with Crippen LogP contribution in [0, 0.1) is 5.41 Å². The van der Waals surface area contributed by atoms with Gasteiger partial charge in [0.25, 0.3) is 0 Å². The zero-order valence-electron chi connectivity index (χ0n) is 14.3. The fraction of sp³-hybridized carbons (Fsp3) is 0.562. The van der Waals surface area contributed by atoms with E-state index in [-0.39, 0.29) is 17.7 Å². The number of rotatable bonds is 7. The van der Waals surface area contributed by atoms with E-state index in [1.165, 1.54) is 0 Å². The van der Waals surface area contributed by atoms with Crippen LogP contribution in [-0.2, 0) is 14.8 Å². The highest BCUT2D eigenvalue weighted by Crippen LogP contribution is 2.21. The predicted molar refractivity (Wildman–Crippen MR) is 90.8 cm³/mol. The molecule has 1 aromatic rings. The minimum Gasteiger partial charge on any atom is -0.497 e. The first-order valence-electron chi connectivity index (χ1n) is 7.38. The third-order valence-electron chi connectivity index (χ3n) is 3.08. The van der Waals surface area contributed by atoms with E-state index in [4.69, 9.17) is 4.74 Å². The zero-order chi connectivity index (χ0) is 17.7. The van der Waals surface area contributed by atoms with Crippen molar-refractivity contribution in [2.45, 2.75) is 33.2 Å². The van der Waals surface area contributed by atoms with Crippen LogP contribution in [0.1, 0.15) is 38.8 Å². The van der Waals surface area contributed by atoms with Gasteiger partial charge in [-0.2, -0.15) is 0 Å². The molecule has 0 aliphatic heterocycles. The molecule has 0 aliphatic carbocycles. The number of hydrogen-bond donors (Lipinski definition) is 2. The number of sulfonamides is 1. The molecule has 1 aromatic carbocycles. The summed E-state index contributed by atoms with van der Waals surface area (Å²) in [5.74, 6) is 0.473. The van der Waals surface area contributed by atoms with E-state index in [2.05, 4.69) is 10.0 Å². The summed E-state index contributed by atoms with van der Waals surface area (Å²) in [7, 11) is -1.88. The molecule has 0 bridgehead atoms. The van der Waals surface area contributed by atoms with Crippen LogP contribution in [0.2, 0.25) is 0 Å². The Morgan fingerprint density at radius 2 is 1.78 bits per heavy atom. The number of amides is 1. The molecule has 0 unspecified atom stereocenters. The summed E-state index contributed by atoms with van der Waals surface area (Å²) >= 11 is 0. The van der Waals surface area contributed by atoms with Gasteiger partial charge in [-0.15, -0.1) is 0 Å². The number of methoxy groups -OCH3 is 1. The van der Waals surface area contributed by atoms with Crippen molar-refractivity contribution in [2.75, 3.05) is 19.9 Å². The monoisotopic (exact) mass is 342 g/mol. The van der Waals surface area contributed by atoms with Gasteiger partial charge in [-0.25, -0.2) is 13.1 Å². The van der Waals surface area contributed by atoms with Crippen LogP contribution >= 0.6 is 0 Å². The zero-order valence-corrected chi connectivity index (χ0v) is 15.2. The summed E-state index contributed by atoms with van der Waals surface area (Å²) in [6, 6.07) is 6.35. The Kier molecular flexibility index (Phi) is 6.58. The van der Waals surface area contributed by atoms with Gasteiger partial charge >= 0.3 is 0 Å². The van der Waals surface area contributed by atoms with Crippen LogP contribution in [-0.4, -0.2) is 34.2 Å². The summed E-state index contributed by atoms with van der Waals surface area (Å²) in [6.45, 7) is 6.58. The average Bonchev–Trinajstić information content (AvgIpc) is 2.42. The highest BCUT2D eigenvalue weighted by Gasteiger charge is 2.21. The molecule has 0 aliphatic rings. The first-order chi connectivity index (χ1) is 10.5. The summed E-state index contributed by atoms with van der Waals surface area (Å²) in [6.07, 6.45) is 1.12. The largest absolute Gasteiger partial charge is 0.497 e. The molecule has 0 fully saturated rings. The first kappa shape index (κ1) is 19.4. The molecular formula is C16H26N2O4S. The molecule has 1 atom stereocenters. The Bertz CT molecular complexity index is 618. The fourth-order valence-electron chi connectivity index (χ4n) is 1.94. The third kappa shape index (κ3) is 7.99. The second kappa shape index (κ2) is 7.79. The highest BCUT2D eigenvalue weighted by molar-refractivity contribution is 7.88. The lowest BCUT2D eigenvalue weighted by Gasteiger charge is -2.21. The summed E-state index contributed by atoms with van der Waals surface area (Å²) in [5, 5.41) is 2.83. The second-order valence-corrected chi connectivity index (χ2v) is 8.54. The number of carbonyl (C=O) groups excluding carboxylic acids is 1. The van der Waals surface area contributed by atoms with Crippen LogP contribution in [0.3, 0.4) is 0 Å². The normalized spacial score (nSPS) is 13.4. The van der Waals surface area contributed by atoms with Crippen molar-refractivity contribution in [1.82, 2.24) is 10.0 Å². The van der Waals surface area contributed by atoms with Crippen molar-refractivity contribution in [2.24, 2.45) is 5.41 Å². The van der Waals surface area contributed by atoms with Crippen molar-refractivity contribution in [3.8, 4) is 5.75 Å². The lowest BCUT2D eigenvalue weighted by Crippen LogP contribution is -2.36. The van der Waals surface area contributed by atoms with E-state index in [0.29, 0.717) is 17.9 Å². The van der Waals surface area contributed by atoms with Crippen molar-refractivity contribution in [3.63, 3.8) is 0 Å². The molecule has 0 aromatic heterocycles. The van der Waals surface area contributed by atoms with Crippen molar-refractivity contribution in [1.29, 1.82) is 0 Å². The summed E-state index contributed by atoms with van der Waals surface area (Å²) in [4.78, 5) is 12.1. The Balaban J connectivity index is 2.85. The minimum atomic E-state index is -3.44. The predicted octanol–water partition coefficient (Wildman–Crippen LogP) is 1.84. The molecule has 6 nitrogen and oxygen atoms in total. The van der Waals surface area contributed by atoms with Crippen LogP contribution in [0.25, 0.3) is 0 Å². The van der Waals surface area contributed by atoms with E-state index >= 15 is 0 Å². The first-order valence-corrected chi connectivity index (χ1v) is 9.27. The molecule has 0 spiro atoms. The Hall–Kier alpha value is -1.60. The maximum atomic E-state index is 12.1. The van der Waals surface area contributed by atoms with Crippen LogP contribution in [0.4, 0.5) is 0 Å². The lowest BCUT2D eigenvalue weighted by molar-refractivity contribution is -0.121. The number of ether oxygens (including phenoxy) is 1. The molecule has 0 saturated carbocycles. The maximum absolute atomic E-state index is 12.1. The van der Waals surface area contributed by atoms with E-state index in [1.54, 1.807) is 31.4 Å². The van der Waals surface area contributed by atoms with Crippen molar-refractivity contribution in [3.05, 3.63) is 29.8 Å². The van der Waals surface area contributed by atoms with Gasteiger partial charge in [0.15, 0.2) is 0 Å². The van der Waals surface area contributed by atoms with Gasteiger partial charge in [0, 0.05) is 13.0 Å². The van der Waals surface area contributed by atoms with E-state index < -0.39 is 16.1 Å². The molecule has 1 rings (SSSR count). The van der Waals surface area contributed by atoms with Gasteiger partial charge in [0.2, 0.25) is 15.9 Å². The van der Waals surface area contributed by atoms with Crippen LogP contribution in [0.5, 0.6) is 5.75 Å². The smallest absolute Gasteiger partial charge is 0.221 e. The summed E-state index contributed by atoms with van der Waals surface area (Å²) in [5.41, 5.74) is 0.678. The minimum absolute atomic E-state index is 0.0322. The van der Waals surface area contributed by atoms with Gasteiger partial charge in [-0.1, -0.05) is 32.9 Å². The topological polar surface area (TPSA) is 84.5 Å². The van der Waals surface area contributed by atoms with Crippen LogP contribution in [0.15, 0.2) is 24.3 Å². The second-order valence-electron chi connectivity index (χ2n) is 6.76. The number of hydrogen-bond acceptors (Lipinski definition) is 4. The average molecular weight is 342 g/mol. The molecule has 0 heterocycles. The molecule has 130 valence electrons. The molecule has 23 heavy (non-hydrogen) atoms. The Morgan fingerprint density at radius 1 is 1.22 bits per heavy atom. The van der Waals surface area contributed by atoms with Gasteiger partial charge in [-0.05, 0) is 23.1 Å². The highest BCUT2D eigenvalue weighted by atomic mass is 32.2. The van der Waals surface area contributed by atoms with Crippen molar-refractivity contribution < 1.29 is 17.9 Å². The van der Waals surface area contributed by atoms with Gasteiger partial charge in [-0.3, -0.25) is 4.79 Å². The third-order valence-corrected chi connectivity index (χ3v) is 3.79. The number of carbonyl (C=O) groups is 1. The lowest BCUT2D eigenvalue weighted by atomic mass is 9.96. The molecule has 1 amide bonds. The molecule has 7 heteroatoms. The van der Waals surface area contributed by atoms with Gasteiger partial charge in [0.1, 0.15) is 5.75 Å². The Morgan fingerprint density at radius 3 is 2.22 bits per heavy atom. The molecule has 0 saturated heterocycles. The molecule has 0 radical (unpaired) electrons.